The number of hydrogen-bond donors (Lipinski definition) is 1. The van der Waals surface area contributed by atoms with E-state index in [0.717, 1.165) is 11.3 Å². The summed E-state index contributed by atoms with van der Waals surface area (Å²) >= 11 is 0. The van der Waals surface area contributed by atoms with Gasteiger partial charge in [-0.25, -0.2) is 9.97 Å². The zero-order valence-corrected chi connectivity index (χ0v) is 14.2. The van der Waals surface area contributed by atoms with Crippen LogP contribution in [-0.2, 0) is 6.42 Å². The van der Waals surface area contributed by atoms with Crippen LogP contribution >= 0.6 is 0 Å². The lowest BCUT2D eigenvalue weighted by molar-refractivity contribution is 0.102. The summed E-state index contributed by atoms with van der Waals surface area (Å²) in [4.78, 5) is 21.2. The Morgan fingerprint density at radius 1 is 1.08 bits per heavy atom. The topological polar surface area (TPSA) is 64.1 Å². The van der Waals surface area contributed by atoms with Crippen molar-refractivity contribution in [3.63, 3.8) is 0 Å². The molecule has 0 saturated heterocycles. The van der Waals surface area contributed by atoms with E-state index in [1.807, 2.05) is 37.3 Å². The Balaban J connectivity index is 1.72. The van der Waals surface area contributed by atoms with Crippen molar-refractivity contribution in [3.8, 4) is 5.75 Å². The predicted octanol–water partition coefficient (Wildman–Crippen LogP) is 3.64. The van der Waals surface area contributed by atoms with E-state index in [1.165, 1.54) is 0 Å². The molecule has 0 aliphatic heterocycles. The van der Waals surface area contributed by atoms with Gasteiger partial charge in [0.05, 0.1) is 18.4 Å². The molecular weight excluding hydrogens is 314 g/mol. The maximum atomic E-state index is 12.4. The molecule has 0 unspecified atom stereocenters. The van der Waals surface area contributed by atoms with Crippen molar-refractivity contribution in [2.24, 2.45) is 0 Å². The summed E-state index contributed by atoms with van der Waals surface area (Å²) in [5, 5.41) is 2.85. The molecule has 5 nitrogen and oxygen atoms in total. The summed E-state index contributed by atoms with van der Waals surface area (Å²) < 4.78 is 5.11. The molecule has 0 spiro atoms. The van der Waals surface area contributed by atoms with Crippen LogP contribution in [0.25, 0.3) is 0 Å². The number of rotatable bonds is 5. The van der Waals surface area contributed by atoms with Gasteiger partial charge < -0.3 is 10.1 Å². The summed E-state index contributed by atoms with van der Waals surface area (Å²) in [7, 11) is 1.60. The first-order valence-electron chi connectivity index (χ1n) is 7.97. The van der Waals surface area contributed by atoms with Gasteiger partial charge in [-0.3, -0.25) is 4.79 Å². The zero-order valence-electron chi connectivity index (χ0n) is 14.2. The van der Waals surface area contributed by atoms with Crippen LogP contribution in [-0.4, -0.2) is 23.0 Å². The summed E-state index contributed by atoms with van der Waals surface area (Å²) in [6.07, 6.45) is 2.22. The fraction of sp³-hybridized carbons (Fsp3) is 0.150. The summed E-state index contributed by atoms with van der Waals surface area (Å²) in [6.45, 7) is 1.82. The van der Waals surface area contributed by atoms with Crippen molar-refractivity contribution in [2.45, 2.75) is 13.3 Å². The van der Waals surface area contributed by atoms with Crippen LogP contribution in [0, 0.1) is 6.92 Å². The number of carbonyl (C=O) groups excluding carboxylic acids is 1. The Morgan fingerprint density at radius 2 is 1.80 bits per heavy atom. The van der Waals surface area contributed by atoms with Gasteiger partial charge in [-0.1, -0.05) is 30.3 Å². The molecule has 1 aromatic heterocycles. The second kappa shape index (κ2) is 7.57. The minimum Gasteiger partial charge on any atom is -0.497 e. The van der Waals surface area contributed by atoms with Gasteiger partial charge in [-0.05, 0) is 36.8 Å². The van der Waals surface area contributed by atoms with Gasteiger partial charge in [0.25, 0.3) is 5.91 Å². The lowest BCUT2D eigenvalue weighted by Gasteiger charge is -2.09. The molecule has 1 N–H and O–H groups in total. The van der Waals surface area contributed by atoms with Crippen molar-refractivity contribution < 1.29 is 9.53 Å². The minimum absolute atomic E-state index is 0.228. The normalized spacial score (nSPS) is 10.3. The molecule has 25 heavy (non-hydrogen) atoms. The number of carbonyl (C=O) groups is 1. The van der Waals surface area contributed by atoms with E-state index < -0.39 is 0 Å². The monoisotopic (exact) mass is 333 g/mol. The number of ether oxygens (including phenoxy) is 1. The highest BCUT2D eigenvalue weighted by atomic mass is 16.5. The van der Waals surface area contributed by atoms with E-state index in [9.17, 15) is 4.79 Å². The number of aryl methyl sites for hydroxylation is 1. The molecule has 5 heteroatoms. The van der Waals surface area contributed by atoms with Crippen LogP contribution in [0.2, 0.25) is 0 Å². The van der Waals surface area contributed by atoms with Crippen LogP contribution in [0.1, 0.15) is 27.4 Å². The molecule has 0 radical (unpaired) electrons. The largest absolute Gasteiger partial charge is 0.497 e. The van der Waals surface area contributed by atoms with E-state index in [2.05, 4.69) is 15.3 Å². The van der Waals surface area contributed by atoms with Gasteiger partial charge in [0, 0.05) is 18.3 Å². The number of nitrogens with one attached hydrogen (secondary N) is 1. The Hall–Kier alpha value is -3.21. The van der Waals surface area contributed by atoms with Crippen LogP contribution in [0.15, 0.2) is 60.8 Å². The Bertz CT molecular complexity index is 862. The van der Waals surface area contributed by atoms with Gasteiger partial charge in [-0.2, -0.15) is 0 Å². The maximum absolute atomic E-state index is 12.4. The fourth-order valence-electron chi connectivity index (χ4n) is 2.47. The van der Waals surface area contributed by atoms with Crippen molar-refractivity contribution >= 4 is 11.6 Å². The lowest BCUT2D eigenvalue weighted by Crippen LogP contribution is -2.15. The van der Waals surface area contributed by atoms with Gasteiger partial charge in [-0.15, -0.1) is 0 Å². The SMILES string of the molecule is COc1ccc(NC(=O)c2cnc(Cc3ccccc3)nc2C)cc1. The number of aromatic nitrogens is 2. The van der Waals surface area contributed by atoms with E-state index >= 15 is 0 Å². The predicted molar refractivity (Wildman–Crippen MR) is 97.0 cm³/mol. The molecule has 3 rings (SSSR count). The maximum Gasteiger partial charge on any atom is 0.259 e. The van der Waals surface area contributed by atoms with E-state index in [1.54, 1.807) is 37.6 Å². The molecule has 0 saturated carbocycles. The molecule has 0 atom stereocenters. The van der Waals surface area contributed by atoms with Crippen molar-refractivity contribution in [1.82, 2.24) is 9.97 Å². The summed E-state index contributed by atoms with van der Waals surface area (Å²) in [6, 6.07) is 17.2. The summed E-state index contributed by atoms with van der Waals surface area (Å²) in [5.41, 5.74) is 2.95. The second-order valence-electron chi connectivity index (χ2n) is 5.63. The molecule has 0 aliphatic rings. The lowest BCUT2D eigenvalue weighted by atomic mass is 10.1. The summed E-state index contributed by atoms with van der Waals surface area (Å²) in [5.74, 6) is 1.21. The van der Waals surface area contributed by atoms with E-state index in [0.29, 0.717) is 29.2 Å². The average Bonchev–Trinajstić information content (AvgIpc) is 2.63. The molecule has 3 aromatic rings. The molecule has 0 bridgehead atoms. The van der Waals surface area contributed by atoms with Crippen LogP contribution in [0.3, 0.4) is 0 Å². The molecular formula is C20H19N3O2. The van der Waals surface area contributed by atoms with Crippen molar-refractivity contribution in [1.29, 1.82) is 0 Å². The first-order chi connectivity index (χ1) is 12.2. The quantitative estimate of drug-likeness (QED) is 0.774. The van der Waals surface area contributed by atoms with E-state index in [-0.39, 0.29) is 5.91 Å². The number of hydrogen-bond acceptors (Lipinski definition) is 4. The number of nitrogens with zero attached hydrogens (tertiary/aromatic N) is 2. The highest BCUT2D eigenvalue weighted by molar-refractivity contribution is 6.04. The molecule has 1 heterocycles. The molecule has 0 fully saturated rings. The molecule has 126 valence electrons. The smallest absolute Gasteiger partial charge is 0.259 e. The number of anilines is 1. The zero-order chi connectivity index (χ0) is 17.6. The van der Waals surface area contributed by atoms with E-state index in [4.69, 9.17) is 4.74 Å². The Kier molecular flexibility index (Phi) is 5.04. The van der Waals surface area contributed by atoms with Gasteiger partial charge in [0.15, 0.2) is 0 Å². The first-order valence-corrected chi connectivity index (χ1v) is 7.97. The third-order valence-electron chi connectivity index (χ3n) is 3.83. The van der Waals surface area contributed by atoms with Crippen molar-refractivity contribution in [3.05, 3.63) is 83.4 Å². The van der Waals surface area contributed by atoms with Crippen LogP contribution in [0.4, 0.5) is 5.69 Å². The Morgan fingerprint density at radius 3 is 2.44 bits per heavy atom. The van der Waals surface area contributed by atoms with Gasteiger partial charge in [0.2, 0.25) is 0 Å². The average molecular weight is 333 g/mol. The fourth-order valence-corrected chi connectivity index (χ4v) is 2.47. The Labute approximate surface area is 146 Å². The molecule has 2 aromatic carbocycles. The molecule has 0 aliphatic carbocycles. The van der Waals surface area contributed by atoms with Gasteiger partial charge in [0.1, 0.15) is 11.6 Å². The third kappa shape index (κ3) is 4.20. The van der Waals surface area contributed by atoms with Crippen LogP contribution < -0.4 is 10.1 Å². The minimum atomic E-state index is -0.228. The van der Waals surface area contributed by atoms with Crippen molar-refractivity contribution in [2.75, 3.05) is 12.4 Å². The molecule has 1 amide bonds. The highest BCUT2D eigenvalue weighted by Gasteiger charge is 2.12. The standard InChI is InChI=1S/C20H19N3O2/c1-14-18(20(24)23-16-8-10-17(25-2)11-9-16)13-21-19(22-14)12-15-6-4-3-5-7-15/h3-11,13H,12H2,1-2H3,(H,23,24). The number of amides is 1. The number of benzene rings is 2. The highest BCUT2D eigenvalue weighted by Crippen LogP contribution is 2.16. The number of methoxy groups -OCH3 is 1. The van der Waals surface area contributed by atoms with Crippen LogP contribution in [0.5, 0.6) is 5.75 Å². The second-order valence-corrected chi connectivity index (χ2v) is 5.63. The first kappa shape index (κ1) is 16.6. The third-order valence-corrected chi connectivity index (χ3v) is 3.83. The van der Waals surface area contributed by atoms with Gasteiger partial charge >= 0.3 is 0 Å².